The van der Waals surface area contributed by atoms with Gasteiger partial charge in [0.15, 0.2) is 0 Å². The monoisotopic (exact) mass is 348 g/mol. The second-order valence-corrected chi connectivity index (χ2v) is 6.07. The number of carbonyl (C=O) groups is 1. The molecule has 1 aromatic heterocycles. The maximum Gasteiger partial charge on any atom is 0.270 e. The number of halogens is 1. The smallest absolute Gasteiger partial charge is 0.270 e. The number of benzene rings is 2. The highest BCUT2D eigenvalue weighted by Gasteiger charge is 2.22. The second kappa shape index (κ2) is 6.92. The van der Waals surface area contributed by atoms with Crippen LogP contribution in [-0.2, 0) is 13.0 Å². The van der Waals surface area contributed by atoms with Crippen LogP contribution in [0.2, 0.25) is 0 Å². The van der Waals surface area contributed by atoms with Crippen molar-refractivity contribution >= 4 is 17.4 Å². The van der Waals surface area contributed by atoms with Gasteiger partial charge in [0.25, 0.3) is 5.91 Å². The summed E-state index contributed by atoms with van der Waals surface area (Å²) < 4.78 is 13.7. The van der Waals surface area contributed by atoms with Crippen molar-refractivity contribution in [3.05, 3.63) is 83.6 Å². The van der Waals surface area contributed by atoms with Crippen molar-refractivity contribution in [3.63, 3.8) is 0 Å². The Morgan fingerprint density at radius 2 is 1.92 bits per heavy atom. The summed E-state index contributed by atoms with van der Waals surface area (Å²) in [6.07, 6.45) is 2.32. The van der Waals surface area contributed by atoms with Gasteiger partial charge in [-0.25, -0.2) is 14.4 Å². The number of carbonyl (C=O) groups excluding carboxylic acids is 1. The van der Waals surface area contributed by atoms with Crippen LogP contribution in [0.4, 0.5) is 15.9 Å². The van der Waals surface area contributed by atoms with Crippen LogP contribution in [0.3, 0.4) is 0 Å². The third kappa shape index (κ3) is 3.13. The van der Waals surface area contributed by atoms with Gasteiger partial charge in [-0.15, -0.1) is 0 Å². The van der Waals surface area contributed by atoms with E-state index in [-0.39, 0.29) is 24.0 Å². The molecular weight excluding hydrogens is 331 g/mol. The van der Waals surface area contributed by atoms with Crippen molar-refractivity contribution < 1.29 is 9.18 Å². The van der Waals surface area contributed by atoms with E-state index >= 15 is 0 Å². The molecule has 0 radical (unpaired) electrons. The first-order valence-corrected chi connectivity index (χ1v) is 8.41. The average Bonchev–Trinajstić information content (AvgIpc) is 3.11. The van der Waals surface area contributed by atoms with Crippen molar-refractivity contribution in [2.24, 2.45) is 0 Å². The van der Waals surface area contributed by atoms with Gasteiger partial charge >= 0.3 is 0 Å². The van der Waals surface area contributed by atoms with Gasteiger partial charge in [0.05, 0.1) is 0 Å². The van der Waals surface area contributed by atoms with E-state index in [2.05, 4.69) is 26.3 Å². The van der Waals surface area contributed by atoms with E-state index in [1.807, 2.05) is 18.2 Å². The molecule has 1 N–H and O–H groups in total. The Morgan fingerprint density at radius 3 is 2.81 bits per heavy atom. The van der Waals surface area contributed by atoms with Gasteiger partial charge in [-0.1, -0.05) is 36.4 Å². The fraction of sp³-hybridized carbons (Fsp3) is 0.150. The Kier molecular flexibility index (Phi) is 4.31. The topological polar surface area (TPSA) is 58.1 Å². The van der Waals surface area contributed by atoms with Crippen molar-refractivity contribution in [1.29, 1.82) is 0 Å². The molecule has 0 bridgehead atoms. The molecule has 4 rings (SSSR count). The number of hydrogen-bond acceptors (Lipinski definition) is 4. The van der Waals surface area contributed by atoms with Gasteiger partial charge in [0.1, 0.15) is 23.7 Å². The molecule has 0 unspecified atom stereocenters. The number of nitrogens with zero attached hydrogens (tertiary/aromatic N) is 3. The highest BCUT2D eigenvalue weighted by Crippen LogP contribution is 2.32. The molecule has 0 fully saturated rings. The van der Waals surface area contributed by atoms with E-state index in [4.69, 9.17) is 0 Å². The Bertz CT molecular complexity index is 960. The molecule has 1 amide bonds. The number of rotatable bonds is 4. The first-order chi connectivity index (χ1) is 12.7. The Hall–Kier alpha value is -3.28. The molecular formula is C20H17FN4O. The van der Waals surface area contributed by atoms with Crippen LogP contribution in [-0.4, -0.2) is 22.4 Å². The van der Waals surface area contributed by atoms with Crippen molar-refractivity contribution in [3.8, 4) is 0 Å². The molecule has 1 aliphatic rings. The lowest BCUT2D eigenvalue weighted by molar-refractivity contribution is 0.0945. The Morgan fingerprint density at radius 1 is 1.12 bits per heavy atom. The van der Waals surface area contributed by atoms with Crippen LogP contribution in [0, 0.1) is 5.82 Å². The number of para-hydroxylation sites is 1. The van der Waals surface area contributed by atoms with E-state index < -0.39 is 0 Å². The van der Waals surface area contributed by atoms with Crippen molar-refractivity contribution in [2.75, 3.05) is 11.4 Å². The lowest BCUT2D eigenvalue weighted by Crippen LogP contribution is -2.25. The largest absolute Gasteiger partial charge is 0.347 e. The van der Waals surface area contributed by atoms with Gasteiger partial charge < -0.3 is 10.2 Å². The lowest BCUT2D eigenvalue weighted by atomic mass is 10.2. The minimum absolute atomic E-state index is 0.109. The number of amides is 1. The molecule has 130 valence electrons. The second-order valence-electron chi connectivity index (χ2n) is 6.07. The highest BCUT2D eigenvalue weighted by molar-refractivity contribution is 5.93. The number of anilines is 2. The van der Waals surface area contributed by atoms with E-state index in [9.17, 15) is 9.18 Å². The van der Waals surface area contributed by atoms with E-state index in [0.29, 0.717) is 11.4 Å². The summed E-state index contributed by atoms with van der Waals surface area (Å²) in [5, 5.41) is 2.71. The maximum absolute atomic E-state index is 13.7. The number of fused-ring (bicyclic) bond motifs is 1. The third-order valence-corrected chi connectivity index (χ3v) is 4.45. The van der Waals surface area contributed by atoms with Crippen LogP contribution < -0.4 is 10.2 Å². The standard InChI is InChI=1S/C20H17FN4O/c21-16-7-3-1-6-15(16)12-22-20(26)17-11-19(24-13-23-17)25-10-9-14-5-2-4-8-18(14)25/h1-8,11,13H,9-10,12H2,(H,22,26). The fourth-order valence-corrected chi connectivity index (χ4v) is 3.10. The zero-order valence-corrected chi connectivity index (χ0v) is 14.0. The van der Waals surface area contributed by atoms with E-state index in [1.165, 1.54) is 18.0 Å². The van der Waals surface area contributed by atoms with Crippen molar-refractivity contribution in [1.82, 2.24) is 15.3 Å². The van der Waals surface area contributed by atoms with Crippen molar-refractivity contribution in [2.45, 2.75) is 13.0 Å². The molecule has 5 nitrogen and oxygen atoms in total. The van der Waals surface area contributed by atoms with Crippen LogP contribution >= 0.6 is 0 Å². The Balaban J connectivity index is 1.51. The first-order valence-electron chi connectivity index (χ1n) is 8.41. The maximum atomic E-state index is 13.7. The summed E-state index contributed by atoms with van der Waals surface area (Å²) in [4.78, 5) is 22.8. The molecule has 3 aromatic rings. The fourth-order valence-electron chi connectivity index (χ4n) is 3.10. The third-order valence-electron chi connectivity index (χ3n) is 4.45. The molecule has 0 spiro atoms. The number of nitrogens with one attached hydrogen (secondary N) is 1. The summed E-state index contributed by atoms with van der Waals surface area (Å²) in [7, 11) is 0. The number of aromatic nitrogens is 2. The van der Waals surface area contributed by atoms with Crippen LogP contribution in [0.25, 0.3) is 0 Å². The van der Waals surface area contributed by atoms with Crippen LogP contribution in [0.5, 0.6) is 0 Å². The van der Waals surface area contributed by atoms with Gasteiger partial charge in [-0.2, -0.15) is 0 Å². The summed E-state index contributed by atoms with van der Waals surface area (Å²) in [6, 6.07) is 16.2. The minimum Gasteiger partial charge on any atom is -0.347 e. The molecule has 6 heteroatoms. The predicted molar refractivity (Wildman–Crippen MR) is 96.8 cm³/mol. The minimum atomic E-state index is -0.357. The molecule has 0 saturated carbocycles. The van der Waals surface area contributed by atoms with E-state index in [1.54, 1.807) is 24.3 Å². The van der Waals surface area contributed by atoms with Gasteiger partial charge in [-0.3, -0.25) is 4.79 Å². The van der Waals surface area contributed by atoms with Crippen LogP contribution in [0.1, 0.15) is 21.6 Å². The predicted octanol–water partition coefficient (Wildman–Crippen LogP) is 3.24. The summed E-state index contributed by atoms with van der Waals surface area (Å²) in [6.45, 7) is 0.921. The number of hydrogen-bond donors (Lipinski definition) is 1. The summed E-state index contributed by atoms with van der Waals surface area (Å²) >= 11 is 0. The van der Waals surface area contributed by atoms with Gasteiger partial charge in [0, 0.05) is 30.4 Å². The molecule has 0 saturated heterocycles. The Labute approximate surface area is 150 Å². The van der Waals surface area contributed by atoms with Gasteiger partial charge in [-0.05, 0) is 24.1 Å². The lowest BCUT2D eigenvalue weighted by Gasteiger charge is -2.18. The van der Waals surface area contributed by atoms with Gasteiger partial charge in [0.2, 0.25) is 0 Å². The molecule has 0 atom stereocenters. The summed E-state index contributed by atoms with van der Waals surface area (Å²) in [5.41, 5.74) is 3.06. The quantitative estimate of drug-likeness (QED) is 0.786. The zero-order chi connectivity index (χ0) is 17.9. The first kappa shape index (κ1) is 16.2. The molecule has 26 heavy (non-hydrogen) atoms. The molecule has 2 heterocycles. The van der Waals surface area contributed by atoms with E-state index in [0.717, 1.165) is 18.7 Å². The highest BCUT2D eigenvalue weighted by atomic mass is 19.1. The average molecular weight is 348 g/mol. The molecule has 0 aliphatic carbocycles. The SMILES string of the molecule is O=C(NCc1ccccc1F)c1cc(N2CCc3ccccc32)ncn1. The normalized spacial score (nSPS) is 12.7. The molecule has 2 aromatic carbocycles. The zero-order valence-electron chi connectivity index (χ0n) is 14.0. The summed E-state index contributed by atoms with van der Waals surface area (Å²) in [5.74, 6) is -0.0183. The molecule has 1 aliphatic heterocycles. The van der Waals surface area contributed by atoms with Crippen LogP contribution in [0.15, 0.2) is 60.9 Å².